The molecule has 3 amide bonds. The average molecular weight is 442 g/mol. The second-order valence-electron chi connectivity index (χ2n) is 7.18. The fraction of sp³-hybridized carbons (Fsp3) is 0.227. The Labute approximate surface area is 182 Å². The normalized spacial score (nSPS) is 13.7. The van der Waals surface area contributed by atoms with Gasteiger partial charge in [0.1, 0.15) is 4.88 Å². The molecule has 4 rings (SSSR count). The molecule has 1 N–H and O–H groups in total. The van der Waals surface area contributed by atoms with Gasteiger partial charge in [0.15, 0.2) is 16.8 Å². The van der Waals surface area contributed by atoms with Crippen LogP contribution >= 0.6 is 11.3 Å². The van der Waals surface area contributed by atoms with Gasteiger partial charge in [-0.05, 0) is 30.2 Å². The Bertz CT molecular complexity index is 1120. The SMILES string of the molecule is Cc1nc(N2CCN(Cc3ccccc3)C2=O)sc1C(=O)NCc1ccc(F)c(F)c1. The predicted molar refractivity (Wildman–Crippen MR) is 114 cm³/mol. The largest absolute Gasteiger partial charge is 0.347 e. The van der Waals surface area contributed by atoms with Crippen molar-refractivity contribution in [1.29, 1.82) is 0 Å². The third-order valence-electron chi connectivity index (χ3n) is 4.97. The number of amides is 3. The van der Waals surface area contributed by atoms with E-state index < -0.39 is 11.6 Å². The van der Waals surface area contributed by atoms with Gasteiger partial charge >= 0.3 is 6.03 Å². The highest BCUT2D eigenvalue weighted by Crippen LogP contribution is 2.29. The Hall–Kier alpha value is -3.33. The lowest BCUT2D eigenvalue weighted by Crippen LogP contribution is -2.31. The Balaban J connectivity index is 1.41. The lowest BCUT2D eigenvalue weighted by Gasteiger charge is -2.16. The van der Waals surface area contributed by atoms with E-state index in [1.54, 1.807) is 16.7 Å². The van der Waals surface area contributed by atoms with Crippen LogP contribution in [0.25, 0.3) is 0 Å². The molecule has 0 saturated carbocycles. The van der Waals surface area contributed by atoms with Crippen molar-refractivity contribution >= 4 is 28.4 Å². The minimum atomic E-state index is -0.962. The molecule has 0 spiro atoms. The minimum Gasteiger partial charge on any atom is -0.347 e. The highest BCUT2D eigenvalue weighted by Gasteiger charge is 2.32. The molecule has 3 aromatic rings. The summed E-state index contributed by atoms with van der Waals surface area (Å²) in [5.41, 5.74) is 2.00. The zero-order valence-electron chi connectivity index (χ0n) is 16.8. The van der Waals surface area contributed by atoms with Crippen molar-refractivity contribution in [3.05, 3.63) is 81.9 Å². The van der Waals surface area contributed by atoms with Crippen LogP contribution in [0, 0.1) is 18.6 Å². The molecule has 160 valence electrons. The first-order valence-electron chi connectivity index (χ1n) is 9.72. The van der Waals surface area contributed by atoms with Gasteiger partial charge < -0.3 is 10.2 Å². The van der Waals surface area contributed by atoms with Crippen LogP contribution in [0.5, 0.6) is 0 Å². The topological polar surface area (TPSA) is 65.5 Å². The number of nitrogens with one attached hydrogen (secondary N) is 1. The quantitative estimate of drug-likeness (QED) is 0.625. The molecule has 0 unspecified atom stereocenters. The van der Waals surface area contributed by atoms with Crippen LogP contribution in [-0.4, -0.2) is 34.9 Å². The first-order valence-corrected chi connectivity index (χ1v) is 10.5. The summed E-state index contributed by atoms with van der Waals surface area (Å²) in [6, 6.07) is 13.1. The number of carbonyl (C=O) groups is 2. The molecular formula is C22H20F2N4O2S. The zero-order chi connectivity index (χ0) is 22.0. The first kappa shape index (κ1) is 20.9. The van der Waals surface area contributed by atoms with Gasteiger partial charge in [0.05, 0.1) is 5.69 Å². The molecule has 2 heterocycles. The summed E-state index contributed by atoms with van der Waals surface area (Å²) in [5.74, 6) is -2.27. The van der Waals surface area contributed by atoms with E-state index >= 15 is 0 Å². The number of hydrogen-bond acceptors (Lipinski definition) is 4. The van der Waals surface area contributed by atoms with E-state index in [9.17, 15) is 18.4 Å². The Morgan fingerprint density at radius 2 is 1.87 bits per heavy atom. The van der Waals surface area contributed by atoms with Gasteiger partial charge in [-0.3, -0.25) is 9.69 Å². The van der Waals surface area contributed by atoms with E-state index in [2.05, 4.69) is 10.3 Å². The number of thiazole rings is 1. The van der Waals surface area contributed by atoms with Gasteiger partial charge in [-0.2, -0.15) is 0 Å². The van der Waals surface area contributed by atoms with Gasteiger partial charge in [-0.1, -0.05) is 47.7 Å². The van der Waals surface area contributed by atoms with Crippen LogP contribution in [0.4, 0.5) is 18.7 Å². The first-order chi connectivity index (χ1) is 14.9. The molecule has 9 heteroatoms. The van der Waals surface area contributed by atoms with E-state index in [4.69, 9.17) is 0 Å². The van der Waals surface area contributed by atoms with Gasteiger partial charge in [0.2, 0.25) is 0 Å². The summed E-state index contributed by atoms with van der Waals surface area (Å²) in [5, 5.41) is 3.16. The summed E-state index contributed by atoms with van der Waals surface area (Å²) in [6.45, 7) is 3.34. The molecule has 1 aliphatic heterocycles. The Morgan fingerprint density at radius 1 is 1.10 bits per heavy atom. The second kappa shape index (κ2) is 8.81. The van der Waals surface area contributed by atoms with Gasteiger partial charge in [-0.15, -0.1) is 0 Å². The molecular weight excluding hydrogens is 422 g/mol. The smallest absolute Gasteiger partial charge is 0.326 e. The Kier molecular flexibility index (Phi) is 5.94. The van der Waals surface area contributed by atoms with Gasteiger partial charge in [0, 0.05) is 26.2 Å². The number of carbonyl (C=O) groups excluding carboxylic acids is 2. The third-order valence-corrected chi connectivity index (χ3v) is 6.15. The van der Waals surface area contributed by atoms with Crippen LogP contribution in [0.2, 0.25) is 0 Å². The van der Waals surface area contributed by atoms with Crippen LogP contribution in [0.15, 0.2) is 48.5 Å². The number of hydrogen-bond donors (Lipinski definition) is 1. The van der Waals surface area contributed by atoms with Gasteiger partial charge in [-0.25, -0.2) is 18.6 Å². The molecule has 0 aliphatic carbocycles. The number of urea groups is 1. The molecule has 1 saturated heterocycles. The van der Waals surface area contributed by atoms with Crippen molar-refractivity contribution in [2.75, 3.05) is 18.0 Å². The summed E-state index contributed by atoms with van der Waals surface area (Å²) in [6.07, 6.45) is 0. The molecule has 1 aromatic heterocycles. The van der Waals surface area contributed by atoms with Crippen LogP contribution in [-0.2, 0) is 13.1 Å². The molecule has 6 nitrogen and oxygen atoms in total. The van der Waals surface area contributed by atoms with Crippen molar-refractivity contribution in [3.8, 4) is 0 Å². The Morgan fingerprint density at radius 3 is 2.61 bits per heavy atom. The van der Waals surface area contributed by atoms with E-state index in [1.807, 2.05) is 30.3 Å². The summed E-state index contributed by atoms with van der Waals surface area (Å²) in [7, 11) is 0. The molecule has 0 atom stereocenters. The maximum atomic E-state index is 13.3. The predicted octanol–water partition coefficient (Wildman–Crippen LogP) is 4.10. The molecule has 1 aliphatic rings. The fourth-order valence-corrected chi connectivity index (χ4v) is 4.33. The van der Waals surface area contributed by atoms with E-state index in [1.165, 1.54) is 6.07 Å². The second-order valence-corrected chi connectivity index (χ2v) is 8.16. The molecule has 2 aromatic carbocycles. The van der Waals surface area contributed by atoms with Crippen LogP contribution < -0.4 is 10.2 Å². The molecule has 31 heavy (non-hydrogen) atoms. The van der Waals surface area contributed by atoms with Crippen molar-refractivity contribution < 1.29 is 18.4 Å². The zero-order valence-corrected chi connectivity index (χ0v) is 17.6. The molecule has 0 bridgehead atoms. The third kappa shape index (κ3) is 4.56. The monoisotopic (exact) mass is 442 g/mol. The number of rotatable bonds is 6. The summed E-state index contributed by atoms with van der Waals surface area (Å²) < 4.78 is 26.4. The minimum absolute atomic E-state index is 0.0518. The number of anilines is 1. The van der Waals surface area contributed by atoms with Crippen LogP contribution in [0.1, 0.15) is 26.5 Å². The van der Waals surface area contributed by atoms with Crippen LogP contribution in [0.3, 0.4) is 0 Å². The maximum Gasteiger partial charge on any atom is 0.326 e. The molecule has 1 fully saturated rings. The van der Waals surface area contributed by atoms with Gasteiger partial charge in [0.25, 0.3) is 5.91 Å². The maximum absolute atomic E-state index is 13.3. The summed E-state index contributed by atoms with van der Waals surface area (Å²) in [4.78, 5) is 33.5. The van der Waals surface area contributed by atoms with Crippen molar-refractivity contribution in [2.24, 2.45) is 0 Å². The highest BCUT2D eigenvalue weighted by molar-refractivity contribution is 7.17. The van der Waals surface area contributed by atoms with E-state index in [0.717, 1.165) is 29.0 Å². The number of aromatic nitrogens is 1. The average Bonchev–Trinajstić information content (AvgIpc) is 3.32. The number of halogens is 2. The van der Waals surface area contributed by atoms with E-state index in [0.29, 0.717) is 40.9 Å². The van der Waals surface area contributed by atoms with E-state index in [-0.39, 0.29) is 18.5 Å². The standard InChI is InChI=1S/C22H20F2N4O2S/c1-14-19(20(29)25-12-16-7-8-17(23)18(24)11-16)31-21(26-14)28-10-9-27(22(28)30)13-15-5-3-2-4-6-15/h2-8,11H,9-10,12-13H2,1H3,(H,25,29). The number of benzene rings is 2. The lowest BCUT2D eigenvalue weighted by atomic mass is 10.2. The number of aryl methyl sites for hydroxylation is 1. The number of nitrogens with zero attached hydrogens (tertiary/aromatic N) is 3. The van der Waals surface area contributed by atoms with Crippen molar-refractivity contribution in [3.63, 3.8) is 0 Å². The van der Waals surface area contributed by atoms with Crippen molar-refractivity contribution in [1.82, 2.24) is 15.2 Å². The highest BCUT2D eigenvalue weighted by atomic mass is 32.1. The fourth-order valence-electron chi connectivity index (χ4n) is 3.33. The van der Waals surface area contributed by atoms with Crippen molar-refractivity contribution in [2.45, 2.75) is 20.0 Å². The lowest BCUT2D eigenvalue weighted by molar-refractivity contribution is 0.0954. The summed E-state index contributed by atoms with van der Waals surface area (Å²) >= 11 is 1.14. The molecule has 0 radical (unpaired) electrons.